The Kier molecular flexibility index (Phi) is 4.57. The van der Waals surface area contributed by atoms with E-state index in [1.807, 2.05) is 4.90 Å². The van der Waals surface area contributed by atoms with Crippen molar-refractivity contribution in [2.45, 2.75) is 13.0 Å². The van der Waals surface area contributed by atoms with Crippen LogP contribution in [-0.2, 0) is 4.79 Å². The number of carbonyl (C=O) groups excluding carboxylic acids is 1. The van der Waals surface area contributed by atoms with Crippen LogP contribution in [0.3, 0.4) is 0 Å². The van der Waals surface area contributed by atoms with Gasteiger partial charge in [0.1, 0.15) is 6.04 Å². The second-order valence-electron chi connectivity index (χ2n) is 4.70. The summed E-state index contributed by atoms with van der Waals surface area (Å²) >= 11 is 5.98. The zero-order valence-electron chi connectivity index (χ0n) is 11.1. The average molecular weight is 298 g/mol. The molecule has 1 unspecified atom stereocenters. The van der Waals surface area contributed by atoms with Gasteiger partial charge in [-0.15, -0.1) is 0 Å². The van der Waals surface area contributed by atoms with Crippen molar-refractivity contribution in [3.8, 4) is 0 Å². The molecular weight excluding hydrogens is 282 g/mol. The molecule has 2 heterocycles. The summed E-state index contributed by atoms with van der Waals surface area (Å²) in [5.41, 5.74) is 0.383. The molecule has 0 radical (unpaired) electrons. The molecule has 0 saturated carbocycles. The molecule has 1 aliphatic rings. The average Bonchev–Trinajstić information content (AvgIpc) is 2.46. The Labute approximate surface area is 122 Å². The number of piperazine rings is 1. The standard InChI is InChI=1S/C13H16ClN3O3/c1-9(13(19)20)16-4-6-17(7-5-16)12(18)10-8-15-3-2-11(10)14/h2-3,8-9H,4-7H2,1H3,(H,19,20). The summed E-state index contributed by atoms with van der Waals surface area (Å²) in [5, 5.41) is 9.36. The van der Waals surface area contributed by atoms with Crippen molar-refractivity contribution in [2.75, 3.05) is 26.2 Å². The summed E-state index contributed by atoms with van der Waals surface area (Å²) in [6.45, 7) is 3.70. The van der Waals surface area contributed by atoms with Crippen LogP contribution in [-0.4, -0.2) is 64.0 Å². The molecular formula is C13H16ClN3O3. The lowest BCUT2D eigenvalue weighted by Gasteiger charge is -2.36. The largest absolute Gasteiger partial charge is 0.480 e. The van der Waals surface area contributed by atoms with Gasteiger partial charge in [-0.1, -0.05) is 11.6 Å². The van der Waals surface area contributed by atoms with Crippen molar-refractivity contribution in [3.63, 3.8) is 0 Å². The van der Waals surface area contributed by atoms with Gasteiger partial charge in [0.25, 0.3) is 5.91 Å². The van der Waals surface area contributed by atoms with Gasteiger partial charge in [-0.3, -0.25) is 19.5 Å². The van der Waals surface area contributed by atoms with Crippen LogP contribution in [0.25, 0.3) is 0 Å². The molecule has 7 heteroatoms. The second-order valence-corrected chi connectivity index (χ2v) is 5.11. The smallest absolute Gasteiger partial charge is 0.320 e. The summed E-state index contributed by atoms with van der Waals surface area (Å²) < 4.78 is 0. The molecule has 1 atom stereocenters. The molecule has 1 saturated heterocycles. The molecule has 0 aliphatic carbocycles. The zero-order chi connectivity index (χ0) is 14.7. The predicted molar refractivity (Wildman–Crippen MR) is 73.8 cm³/mol. The van der Waals surface area contributed by atoms with E-state index in [-0.39, 0.29) is 5.91 Å². The third-order valence-corrected chi connectivity index (χ3v) is 3.83. The van der Waals surface area contributed by atoms with Gasteiger partial charge in [-0.05, 0) is 13.0 Å². The van der Waals surface area contributed by atoms with E-state index in [1.165, 1.54) is 12.4 Å². The molecule has 1 N–H and O–H groups in total. The molecule has 1 aliphatic heterocycles. The first-order chi connectivity index (χ1) is 9.50. The third-order valence-electron chi connectivity index (χ3n) is 3.50. The Morgan fingerprint density at radius 1 is 1.35 bits per heavy atom. The number of carboxylic acids is 1. The van der Waals surface area contributed by atoms with Gasteiger partial charge in [0.15, 0.2) is 0 Å². The Hall–Kier alpha value is -1.66. The highest BCUT2D eigenvalue weighted by Crippen LogP contribution is 2.17. The highest BCUT2D eigenvalue weighted by atomic mass is 35.5. The van der Waals surface area contributed by atoms with Gasteiger partial charge >= 0.3 is 5.97 Å². The molecule has 20 heavy (non-hydrogen) atoms. The lowest BCUT2D eigenvalue weighted by Crippen LogP contribution is -2.53. The first-order valence-electron chi connectivity index (χ1n) is 6.36. The topological polar surface area (TPSA) is 73.7 Å². The van der Waals surface area contributed by atoms with Crippen LogP contribution in [0.2, 0.25) is 5.02 Å². The monoisotopic (exact) mass is 297 g/mol. The molecule has 2 rings (SSSR count). The quantitative estimate of drug-likeness (QED) is 0.900. The van der Waals surface area contributed by atoms with Gasteiger partial charge in [0.2, 0.25) is 0 Å². The van der Waals surface area contributed by atoms with Crippen molar-refractivity contribution < 1.29 is 14.7 Å². The molecule has 1 amide bonds. The Balaban J connectivity index is 1.99. The summed E-state index contributed by atoms with van der Waals surface area (Å²) in [4.78, 5) is 30.7. The van der Waals surface area contributed by atoms with Crippen LogP contribution >= 0.6 is 11.6 Å². The second kappa shape index (κ2) is 6.19. The summed E-state index contributed by atoms with van der Waals surface area (Å²) in [5.74, 6) is -1.01. The number of pyridine rings is 1. The van der Waals surface area contributed by atoms with E-state index in [4.69, 9.17) is 16.7 Å². The number of nitrogens with zero attached hydrogens (tertiary/aromatic N) is 3. The lowest BCUT2D eigenvalue weighted by atomic mass is 10.2. The summed E-state index contributed by atoms with van der Waals surface area (Å²) in [6.07, 6.45) is 2.99. The maximum atomic E-state index is 12.3. The molecule has 1 fully saturated rings. The number of carboxylic acid groups (broad SMARTS) is 1. The number of aliphatic carboxylic acids is 1. The van der Waals surface area contributed by atoms with Crippen molar-refractivity contribution in [2.24, 2.45) is 0 Å². The fraction of sp³-hybridized carbons (Fsp3) is 0.462. The molecule has 0 spiro atoms. The normalized spacial score (nSPS) is 17.8. The molecule has 0 bridgehead atoms. The van der Waals surface area contributed by atoms with Crippen molar-refractivity contribution in [1.82, 2.24) is 14.8 Å². The van der Waals surface area contributed by atoms with Gasteiger partial charge < -0.3 is 10.0 Å². The van der Waals surface area contributed by atoms with Gasteiger partial charge in [-0.25, -0.2) is 0 Å². The summed E-state index contributed by atoms with van der Waals surface area (Å²) in [7, 11) is 0. The molecule has 1 aromatic rings. The van der Waals surface area contributed by atoms with Crippen LogP contribution in [0.15, 0.2) is 18.5 Å². The van der Waals surface area contributed by atoms with Crippen LogP contribution in [0.1, 0.15) is 17.3 Å². The number of carbonyl (C=O) groups is 2. The van der Waals surface area contributed by atoms with E-state index in [9.17, 15) is 9.59 Å². The van der Waals surface area contributed by atoms with Crippen LogP contribution in [0.4, 0.5) is 0 Å². The third kappa shape index (κ3) is 3.08. The number of amides is 1. The fourth-order valence-electron chi connectivity index (χ4n) is 2.17. The minimum Gasteiger partial charge on any atom is -0.480 e. The Morgan fingerprint density at radius 3 is 2.55 bits per heavy atom. The minimum atomic E-state index is -0.847. The number of aromatic nitrogens is 1. The van der Waals surface area contributed by atoms with Crippen molar-refractivity contribution in [3.05, 3.63) is 29.0 Å². The first kappa shape index (κ1) is 14.7. The zero-order valence-corrected chi connectivity index (χ0v) is 11.9. The van der Waals surface area contributed by atoms with E-state index < -0.39 is 12.0 Å². The molecule has 108 valence electrons. The Morgan fingerprint density at radius 2 is 2.00 bits per heavy atom. The van der Waals surface area contributed by atoms with Crippen LogP contribution < -0.4 is 0 Å². The SMILES string of the molecule is CC(C(=O)O)N1CCN(C(=O)c2cnccc2Cl)CC1. The van der Waals surface area contributed by atoms with E-state index >= 15 is 0 Å². The van der Waals surface area contributed by atoms with E-state index in [0.29, 0.717) is 36.8 Å². The van der Waals surface area contributed by atoms with Crippen LogP contribution in [0, 0.1) is 0 Å². The van der Waals surface area contributed by atoms with Gasteiger partial charge in [0.05, 0.1) is 10.6 Å². The van der Waals surface area contributed by atoms with E-state index in [1.54, 1.807) is 17.9 Å². The number of hydrogen-bond donors (Lipinski definition) is 1. The highest BCUT2D eigenvalue weighted by molar-refractivity contribution is 6.33. The molecule has 1 aromatic heterocycles. The molecule has 6 nitrogen and oxygen atoms in total. The summed E-state index contributed by atoms with van der Waals surface area (Å²) in [6, 6.07) is 1.05. The van der Waals surface area contributed by atoms with Crippen molar-refractivity contribution in [1.29, 1.82) is 0 Å². The van der Waals surface area contributed by atoms with Gasteiger partial charge in [-0.2, -0.15) is 0 Å². The van der Waals surface area contributed by atoms with Crippen LogP contribution in [0.5, 0.6) is 0 Å². The van der Waals surface area contributed by atoms with Crippen molar-refractivity contribution >= 4 is 23.5 Å². The van der Waals surface area contributed by atoms with E-state index in [2.05, 4.69) is 4.98 Å². The lowest BCUT2D eigenvalue weighted by molar-refractivity contribution is -0.143. The first-order valence-corrected chi connectivity index (χ1v) is 6.74. The number of hydrogen-bond acceptors (Lipinski definition) is 4. The minimum absolute atomic E-state index is 0.161. The highest BCUT2D eigenvalue weighted by Gasteiger charge is 2.28. The molecule has 0 aromatic carbocycles. The maximum absolute atomic E-state index is 12.3. The Bertz CT molecular complexity index is 515. The number of halogens is 1. The van der Waals surface area contributed by atoms with E-state index in [0.717, 1.165) is 0 Å². The predicted octanol–water partition coefficient (Wildman–Crippen LogP) is 0.966. The maximum Gasteiger partial charge on any atom is 0.320 e. The fourth-order valence-corrected chi connectivity index (χ4v) is 2.36. The van der Waals surface area contributed by atoms with Gasteiger partial charge in [0, 0.05) is 38.6 Å². The number of rotatable bonds is 3.